The van der Waals surface area contributed by atoms with E-state index in [9.17, 15) is 27.2 Å². The highest BCUT2D eigenvalue weighted by Gasteiger charge is 2.33. The first-order valence-electron chi connectivity index (χ1n) is 8.27. The van der Waals surface area contributed by atoms with Gasteiger partial charge in [0.1, 0.15) is 10.7 Å². The number of likely N-dealkylation sites (N-methyl/N-ethyl adjacent to an activating group) is 1. The van der Waals surface area contributed by atoms with Crippen molar-refractivity contribution in [3.63, 3.8) is 0 Å². The number of amides is 2. The number of anilines is 1. The van der Waals surface area contributed by atoms with E-state index < -0.39 is 40.9 Å². The molecule has 0 spiro atoms. The average Bonchev–Trinajstić information content (AvgIpc) is 2.97. The van der Waals surface area contributed by atoms with Gasteiger partial charge in [-0.25, -0.2) is 4.39 Å². The summed E-state index contributed by atoms with van der Waals surface area (Å²) in [4.78, 5) is 26.0. The molecule has 0 unspecified atom stereocenters. The maximum atomic E-state index is 13.4. The van der Waals surface area contributed by atoms with E-state index in [4.69, 9.17) is 23.2 Å². The van der Waals surface area contributed by atoms with Crippen molar-refractivity contribution >= 4 is 62.1 Å². The van der Waals surface area contributed by atoms with Gasteiger partial charge < -0.3 is 10.2 Å². The second-order valence-electron chi connectivity index (χ2n) is 6.29. The van der Waals surface area contributed by atoms with Crippen molar-refractivity contribution in [2.24, 2.45) is 0 Å². The molecule has 1 aromatic heterocycles. The number of carbonyl (C=O) groups is 2. The van der Waals surface area contributed by atoms with Gasteiger partial charge in [0, 0.05) is 22.8 Å². The molecule has 30 heavy (non-hydrogen) atoms. The molecule has 0 saturated heterocycles. The fraction of sp³-hybridized carbons (Fsp3) is 0.158. The molecule has 0 saturated carbocycles. The summed E-state index contributed by atoms with van der Waals surface area (Å²) in [6.07, 6.45) is -4.68. The third-order valence-electron chi connectivity index (χ3n) is 4.07. The van der Waals surface area contributed by atoms with Crippen molar-refractivity contribution in [2.45, 2.75) is 6.18 Å². The van der Waals surface area contributed by atoms with Crippen molar-refractivity contribution in [1.82, 2.24) is 4.90 Å². The maximum Gasteiger partial charge on any atom is 0.417 e. The molecular weight excluding hydrogens is 467 g/mol. The molecule has 2 amide bonds. The van der Waals surface area contributed by atoms with Crippen LogP contribution in [0.15, 0.2) is 36.4 Å². The minimum Gasteiger partial charge on any atom is -0.332 e. The zero-order valence-electron chi connectivity index (χ0n) is 15.1. The first kappa shape index (κ1) is 22.3. The van der Waals surface area contributed by atoms with Gasteiger partial charge in [0.15, 0.2) is 0 Å². The summed E-state index contributed by atoms with van der Waals surface area (Å²) in [5, 5.41) is 2.44. The van der Waals surface area contributed by atoms with Crippen LogP contribution in [0.2, 0.25) is 10.0 Å². The van der Waals surface area contributed by atoms with E-state index in [2.05, 4.69) is 5.32 Å². The van der Waals surface area contributed by atoms with E-state index >= 15 is 0 Å². The van der Waals surface area contributed by atoms with Crippen LogP contribution >= 0.6 is 34.5 Å². The van der Waals surface area contributed by atoms with Crippen LogP contribution in [-0.2, 0) is 11.0 Å². The predicted molar refractivity (Wildman–Crippen MR) is 109 cm³/mol. The molecular formula is C19H12Cl2F4N2O2S. The first-order valence-corrected chi connectivity index (χ1v) is 9.84. The van der Waals surface area contributed by atoms with E-state index in [0.29, 0.717) is 16.2 Å². The third-order valence-corrected chi connectivity index (χ3v) is 6.04. The maximum absolute atomic E-state index is 13.4. The van der Waals surface area contributed by atoms with E-state index in [-0.39, 0.29) is 15.6 Å². The second-order valence-corrected chi connectivity index (χ2v) is 8.12. The van der Waals surface area contributed by atoms with E-state index in [0.717, 1.165) is 22.3 Å². The highest BCUT2D eigenvalue weighted by Crippen LogP contribution is 2.37. The summed E-state index contributed by atoms with van der Waals surface area (Å²) in [5.41, 5.74) is -1.20. The van der Waals surface area contributed by atoms with Gasteiger partial charge in [-0.3, -0.25) is 9.59 Å². The lowest BCUT2D eigenvalue weighted by atomic mass is 10.2. The van der Waals surface area contributed by atoms with Crippen molar-refractivity contribution < 1.29 is 27.2 Å². The van der Waals surface area contributed by atoms with Gasteiger partial charge in [-0.1, -0.05) is 23.2 Å². The Morgan fingerprint density at radius 3 is 2.50 bits per heavy atom. The van der Waals surface area contributed by atoms with Crippen molar-refractivity contribution in [3.8, 4) is 0 Å². The molecule has 2 aromatic carbocycles. The minimum absolute atomic E-state index is 0.118. The van der Waals surface area contributed by atoms with Crippen LogP contribution in [0.4, 0.5) is 23.2 Å². The summed E-state index contributed by atoms with van der Waals surface area (Å²) in [6.45, 7) is -0.443. The fourth-order valence-corrected chi connectivity index (χ4v) is 4.41. The lowest BCUT2D eigenvalue weighted by Crippen LogP contribution is -2.34. The van der Waals surface area contributed by atoms with Crippen LogP contribution in [0.25, 0.3) is 10.1 Å². The largest absolute Gasteiger partial charge is 0.417 e. The fourth-order valence-electron chi connectivity index (χ4n) is 2.66. The zero-order valence-corrected chi connectivity index (χ0v) is 17.4. The van der Waals surface area contributed by atoms with Crippen LogP contribution in [0, 0.1) is 5.82 Å². The van der Waals surface area contributed by atoms with Gasteiger partial charge >= 0.3 is 6.18 Å². The Labute approximate surface area is 182 Å². The molecule has 0 aliphatic rings. The molecule has 0 atom stereocenters. The number of nitrogens with one attached hydrogen (secondary N) is 1. The molecule has 3 rings (SSSR count). The number of fused-ring (bicyclic) bond motifs is 1. The number of rotatable bonds is 4. The van der Waals surface area contributed by atoms with Crippen LogP contribution in [0.1, 0.15) is 15.2 Å². The molecule has 1 heterocycles. The highest BCUT2D eigenvalue weighted by atomic mass is 35.5. The molecule has 0 aliphatic heterocycles. The summed E-state index contributed by atoms with van der Waals surface area (Å²) >= 11 is 12.7. The smallest absolute Gasteiger partial charge is 0.332 e. The summed E-state index contributed by atoms with van der Waals surface area (Å²) < 4.78 is 52.7. The number of hydrogen-bond donors (Lipinski definition) is 1. The second kappa shape index (κ2) is 8.41. The zero-order chi connectivity index (χ0) is 22.2. The van der Waals surface area contributed by atoms with Crippen LogP contribution in [-0.4, -0.2) is 30.3 Å². The molecule has 4 nitrogen and oxygen atoms in total. The molecule has 0 fully saturated rings. The lowest BCUT2D eigenvalue weighted by Gasteiger charge is -2.17. The van der Waals surface area contributed by atoms with E-state index in [1.165, 1.54) is 31.3 Å². The van der Waals surface area contributed by atoms with Crippen LogP contribution in [0.5, 0.6) is 0 Å². The normalized spacial score (nSPS) is 11.6. The predicted octanol–water partition coefficient (Wildman–Crippen LogP) is 6.08. The number of nitrogens with zero attached hydrogens (tertiary/aromatic N) is 1. The first-order chi connectivity index (χ1) is 14.0. The Hall–Kier alpha value is -2.36. The van der Waals surface area contributed by atoms with Gasteiger partial charge in [0.25, 0.3) is 5.91 Å². The SMILES string of the molecule is CN(CC(=O)Nc1ccc(Cl)c(C(F)(F)F)c1)C(=O)c1sc2cc(F)ccc2c1Cl. The summed E-state index contributed by atoms with van der Waals surface area (Å²) in [6, 6.07) is 6.85. The Kier molecular flexibility index (Phi) is 6.26. The van der Waals surface area contributed by atoms with Gasteiger partial charge in [-0.2, -0.15) is 13.2 Å². The number of hydrogen-bond acceptors (Lipinski definition) is 3. The van der Waals surface area contributed by atoms with Crippen molar-refractivity contribution in [1.29, 1.82) is 0 Å². The number of thiophene rings is 1. The Morgan fingerprint density at radius 2 is 1.83 bits per heavy atom. The molecule has 0 radical (unpaired) electrons. The van der Waals surface area contributed by atoms with Crippen molar-refractivity contribution in [2.75, 3.05) is 18.9 Å². The lowest BCUT2D eigenvalue weighted by molar-refractivity contribution is -0.137. The topological polar surface area (TPSA) is 49.4 Å². The average molecular weight is 479 g/mol. The van der Waals surface area contributed by atoms with Gasteiger partial charge in [0.2, 0.25) is 5.91 Å². The highest BCUT2D eigenvalue weighted by molar-refractivity contribution is 7.21. The number of alkyl halides is 3. The number of carbonyl (C=O) groups excluding carboxylic acids is 2. The van der Waals surface area contributed by atoms with Crippen molar-refractivity contribution in [3.05, 3.63) is 62.7 Å². The molecule has 3 aromatic rings. The Bertz CT molecular complexity index is 1150. The van der Waals surface area contributed by atoms with Gasteiger partial charge in [0.05, 0.1) is 22.2 Å². The monoisotopic (exact) mass is 478 g/mol. The molecule has 1 N–H and O–H groups in total. The molecule has 0 bridgehead atoms. The minimum atomic E-state index is -4.68. The Balaban J connectivity index is 1.73. The quantitative estimate of drug-likeness (QED) is 0.462. The van der Waals surface area contributed by atoms with Crippen LogP contribution in [0.3, 0.4) is 0 Å². The van der Waals surface area contributed by atoms with Gasteiger partial charge in [-0.15, -0.1) is 11.3 Å². The molecule has 11 heteroatoms. The van der Waals surface area contributed by atoms with E-state index in [1.807, 2.05) is 0 Å². The van der Waals surface area contributed by atoms with Crippen LogP contribution < -0.4 is 5.32 Å². The third kappa shape index (κ3) is 4.69. The van der Waals surface area contributed by atoms with E-state index in [1.54, 1.807) is 0 Å². The standard InChI is InChI=1S/C19H12Cl2F4N2O2S/c1-27(18(29)17-16(21)11-4-2-9(22)6-14(11)30-17)8-15(28)26-10-3-5-13(20)12(7-10)19(23,24)25/h2-7H,8H2,1H3,(H,26,28). The number of benzene rings is 2. The Morgan fingerprint density at radius 1 is 1.13 bits per heavy atom. The molecule has 158 valence electrons. The number of halogens is 6. The summed E-state index contributed by atoms with van der Waals surface area (Å²) in [7, 11) is 1.34. The molecule has 0 aliphatic carbocycles. The van der Waals surface area contributed by atoms with Gasteiger partial charge in [-0.05, 0) is 36.4 Å². The summed E-state index contributed by atoms with van der Waals surface area (Å²) in [5.74, 6) is -1.78.